The summed E-state index contributed by atoms with van der Waals surface area (Å²) >= 11 is 0. The van der Waals surface area contributed by atoms with Crippen molar-refractivity contribution in [3.63, 3.8) is 0 Å². The maximum absolute atomic E-state index is 9.67. The van der Waals surface area contributed by atoms with E-state index in [0.717, 1.165) is 11.1 Å². The van der Waals surface area contributed by atoms with Gasteiger partial charge >= 0.3 is 0 Å². The standard InChI is InChI=1S/C23H15N/c24-16-20(17-8-2-1-3-9-17)15-23-21-12-6-4-10-18(21)14-19-11-5-7-13-22(19)23/h1-15H. The van der Waals surface area contributed by atoms with Crippen LogP contribution in [0.3, 0.4) is 0 Å². The largest absolute Gasteiger partial charge is 0.192 e. The van der Waals surface area contributed by atoms with Gasteiger partial charge in [0.15, 0.2) is 0 Å². The van der Waals surface area contributed by atoms with E-state index < -0.39 is 0 Å². The average molecular weight is 305 g/mol. The number of hydrogen-bond acceptors (Lipinski definition) is 1. The zero-order valence-corrected chi connectivity index (χ0v) is 13.1. The van der Waals surface area contributed by atoms with Crippen molar-refractivity contribution in [2.75, 3.05) is 0 Å². The van der Waals surface area contributed by atoms with Crippen molar-refractivity contribution >= 4 is 33.2 Å². The Morgan fingerprint density at radius 2 is 1.25 bits per heavy atom. The van der Waals surface area contributed by atoms with Crippen LogP contribution in [0.4, 0.5) is 0 Å². The van der Waals surface area contributed by atoms with Crippen molar-refractivity contribution in [1.82, 2.24) is 0 Å². The van der Waals surface area contributed by atoms with Crippen molar-refractivity contribution in [3.05, 3.63) is 96.1 Å². The second-order valence-electron chi connectivity index (χ2n) is 5.77. The van der Waals surface area contributed by atoms with Gasteiger partial charge in [0.2, 0.25) is 0 Å². The fourth-order valence-corrected chi connectivity index (χ4v) is 3.15. The maximum atomic E-state index is 9.67. The Balaban J connectivity index is 2.07. The third-order valence-corrected chi connectivity index (χ3v) is 4.31. The topological polar surface area (TPSA) is 23.8 Å². The highest BCUT2D eigenvalue weighted by atomic mass is 14.2. The van der Waals surface area contributed by atoms with Crippen LogP contribution in [0.25, 0.3) is 33.2 Å². The molecule has 0 N–H and O–H groups in total. The molecule has 0 heterocycles. The lowest BCUT2D eigenvalue weighted by Crippen LogP contribution is -1.86. The van der Waals surface area contributed by atoms with Gasteiger partial charge < -0.3 is 0 Å². The number of rotatable bonds is 2. The van der Waals surface area contributed by atoms with Crippen LogP contribution in [0, 0.1) is 11.3 Å². The molecule has 0 saturated carbocycles. The van der Waals surface area contributed by atoms with Crippen LogP contribution in [-0.4, -0.2) is 0 Å². The van der Waals surface area contributed by atoms with E-state index in [4.69, 9.17) is 0 Å². The molecule has 24 heavy (non-hydrogen) atoms. The van der Waals surface area contributed by atoms with Gasteiger partial charge in [0.25, 0.3) is 0 Å². The zero-order chi connectivity index (χ0) is 16.4. The van der Waals surface area contributed by atoms with Crippen LogP contribution in [0.2, 0.25) is 0 Å². The third-order valence-electron chi connectivity index (χ3n) is 4.31. The lowest BCUT2D eigenvalue weighted by Gasteiger charge is -2.09. The number of benzene rings is 4. The van der Waals surface area contributed by atoms with E-state index in [0.29, 0.717) is 5.57 Å². The highest BCUT2D eigenvalue weighted by Gasteiger charge is 2.08. The summed E-state index contributed by atoms with van der Waals surface area (Å²) in [6, 6.07) is 31.1. The molecular weight excluding hydrogens is 290 g/mol. The van der Waals surface area contributed by atoms with Gasteiger partial charge in [-0.05, 0) is 44.8 Å². The van der Waals surface area contributed by atoms with E-state index >= 15 is 0 Å². The van der Waals surface area contributed by atoms with Crippen LogP contribution >= 0.6 is 0 Å². The zero-order valence-electron chi connectivity index (χ0n) is 13.1. The number of fused-ring (bicyclic) bond motifs is 2. The van der Waals surface area contributed by atoms with Crippen molar-refractivity contribution in [3.8, 4) is 6.07 Å². The Morgan fingerprint density at radius 1 is 0.708 bits per heavy atom. The summed E-state index contributed by atoms with van der Waals surface area (Å²) in [5.74, 6) is 0. The molecule has 0 aliphatic carbocycles. The monoisotopic (exact) mass is 305 g/mol. The summed E-state index contributed by atoms with van der Waals surface area (Å²) in [6.07, 6.45) is 2.01. The summed E-state index contributed by atoms with van der Waals surface area (Å²) in [6.45, 7) is 0. The van der Waals surface area contributed by atoms with E-state index in [1.165, 1.54) is 21.5 Å². The van der Waals surface area contributed by atoms with Crippen molar-refractivity contribution in [1.29, 1.82) is 5.26 Å². The highest BCUT2D eigenvalue weighted by Crippen LogP contribution is 2.31. The third kappa shape index (κ3) is 2.45. The Hall–Kier alpha value is -3.37. The predicted molar refractivity (Wildman–Crippen MR) is 101 cm³/mol. The van der Waals surface area contributed by atoms with Gasteiger partial charge in [-0.25, -0.2) is 0 Å². The first-order valence-electron chi connectivity index (χ1n) is 7.94. The summed E-state index contributed by atoms with van der Waals surface area (Å²) in [4.78, 5) is 0. The highest BCUT2D eigenvalue weighted by molar-refractivity contribution is 6.10. The lowest BCUT2D eigenvalue weighted by atomic mass is 9.94. The fraction of sp³-hybridized carbons (Fsp3) is 0. The van der Waals surface area contributed by atoms with E-state index in [9.17, 15) is 5.26 Å². The van der Waals surface area contributed by atoms with Gasteiger partial charge in [-0.1, -0.05) is 78.9 Å². The predicted octanol–water partition coefficient (Wildman–Crippen LogP) is 6.06. The first-order chi connectivity index (χ1) is 11.9. The summed E-state index contributed by atoms with van der Waals surface area (Å²) in [7, 11) is 0. The van der Waals surface area contributed by atoms with Gasteiger partial charge in [-0.2, -0.15) is 5.26 Å². The van der Waals surface area contributed by atoms with E-state index in [-0.39, 0.29) is 0 Å². The van der Waals surface area contributed by atoms with Crippen molar-refractivity contribution in [2.45, 2.75) is 0 Å². The van der Waals surface area contributed by atoms with Crippen LogP contribution in [-0.2, 0) is 0 Å². The number of hydrogen-bond donors (Lipinski definition) is 0. The number of nitrogens with zero attached hydrogens (tertiary/aromatic N) is 1. The Bertz CT molecular complexity index is 1050. The molecule has 0 spiro atoms. The summed E-state index contributed by atoms with van der Waals surface area (Å²) in [5.41, 5.74) is 2.72. The molecule has 4 aromatic rings. The Labute approximate surface area is 141 Å². The summed E-state index contributed by atoms with van der Waals surface area (Å²) < 4.78 is 0. The molecular formula is C23H15N. The molecule has 0 amide bonds. The Morgan fingerprint density at radius 3 is 1.83 bits per heavy atom. The minimum atomic E-state index is 0.678. The first-order valence-corrected chi connectivity index (χ1v) is 7.94. The molecule has 0 saturated heterocycles. The molecule has 4 rings (SSSR count). The smallest absolute Gasteiger partial charge is 0.0998 e. The number of allylic oxidation sites excluding steroid dienone is 1. The van der Waals surface area contributed by atoms with Gasteiger partial charge in [0.05, 0.1) is 11.6 Å². The van der Waals surface area contributed by atoms with E-state index in [2.05, 4.69) is 36.4 Å². The SMILES string of the molecule is N#CC(=Cc1c2ccccc2cc2ccccc12)c1ccccc1. The molecule has 1 heteroatoms. The molecule has 0 radical (unpaired) electrons. The van der Waals surface area contributed by atoms with Crippen molar-refractivity contribution < 1.29 is 0 Å². The second-order valence-corrected chi connectivity index (χ2v) is 5.77. The van der Waals surface area contributed by atoms with Gasteiger partial charge in [0.1, 0.15) is 0 Å². The molecule has 112 valence electrons. The average Bonchev–Trinajstić information content (AvgIpc) is 2.66. The van der Waals surface area contributed by atoms with Crippen LogP contribution in [0.5, 0.6) is 0 Å². The first kappa shape index (κ1) is 14.2. The van der Waals surface area contributed by atoms with E-state index in [1.807, 2.05) is 60.7 Å². The van der Waals surface area contributed by atoms with Crippen LogP contribution < -0.4 is 0 Å². The molecule has 4 aromatic carbocycles. The van der Waals surface area contributed by atoms with Crippen molar-refractivity contribution in [2.24, 2.45) is 0 Å². The number of nitriles is 1. The molecule has 0 fully saturated rings. The molecule has 0 aliphatic heterocycles. The van der Waals surface area contributed by atoms with Crippen LogP contribution in [0.1, 0.15) is 11.1 Å². The molecule has 0 aliphatic rings. The Kier molecular flexibility index (Phi) is 3.57. The van der Waals surface area contributed by atoms with Gasteiger partial charge in [-0.3, -0.25) is 0 Å². The minimum Gasteiger partial charge on any atom is -0.192 e. The van der Waals surface area contributed by atoms with E-state index in [1.54, 1.807) is 0 Å². The molecule has 0 unspecified atom stereocenters. The van der Waals surface area contributed by atoms with Crippen LogP contribution in [0.15, 0.2) is 84.9 Å². The molecule has 0 bridgehead atoms. The normalized spacial score (nSPS) is 11.5. The molecule has 0 atom stereocenters. The fourth-order valence-electron chi connectivity index (χ4n) is 3.15. The van der Waals surface area contributed by atoms with Gasteiger partial charge in [-0.15, -0.1) is 0 Å². The van der Waals surface area contributed by atoms with Gasteiger partial charge in [0, 0.05) is 0 Å². The second kappa shape index (κ2) is 6.02. The minimum absolute atomic E-state index is 0.678. The lowest BCUT2D eigenvalue weighted by molar-refractivity contribution is 1.52. The quantitative estimate of drug-likeness (QED) is 0.251. The summed E-state index contributed by atoms with van der Waals surface area (Å²) in [5, 5.41) is 14.4. The molecule has 0 aromatic heterocycles. The maximum Gasteiger partial charge on any atom is 0.0998 e. The molecule has 1 nitrogen and oxygen atoms in total.